The minimum atomic E-state index is -0.418. The van der Waals surface area contributed by atoms with Crippen molar-refractivity contribution in [3.63, 3.8) is 0 Å². The van der Waals surface area contributed by atoms with E-state index in [1.807, 2.05) is 28.8 Å². The van der Waals surface area contributed by atoms with Gasteiger partial charge in [-0.1, -0.05) is 0 Å². The van der Waals surface area contributed by atoms with Crippen molar-refractivity contribution in [2.24, 2.45) is 7.05 Å². The number of carbonyl (C=O) groups is 2. The van der Waals surface area contributed by atoms with Crippen LogP contribution in [0, 0.1) is 0 Å². The summed E-state index contributed by atoms with van der Waals surface area (Å²) in [5.41, 5.74) is 2.22. The number of aryl methyl sites for hydroxylation is 1. The maximum atomic E-state index is 12.9. The van der Waals surface area contributed by atoms with Gasteiger partial charge in [0.2, 0.25) is 5.91 Å². The number of hydrogen-bond acceptors (Lipinski definition) is 3. The van der Waals surface area contributed by atoms with Crippen LogP contribution in [0.5, 0.6) is 0 Å². The standard InChI is InChI=1S/C18H25N3O3/c1-12-6-5-7-13(2)21(12)17(22)11-20-14-8-9-19(3)15(14)10-16(20)18(23)24-4/h8-10,12-13H,5-7,11H2,1-4H3. The molecule has 0 aromatic carbocycles. The zero-order chi connectivity index (χ0) is 17.4. The SMILES string of the molecule is COC(=O)c1cc2c(ccn2C)n1CC(=O)N1C(C)CCCC1C. The van der Waals surface area contributed by atoms with Crippen molar-refractivity contribution < 1.29 is 14.3 Å². The third-order valence-electron chi connectivity index (χ3n) is 5.12. The van der Waals surface area contributed by atoms with Gasteiger partial charge in [0.1, 0.15) is 12.2 Å². The minimum Gasteiger partial charge on any atom is -0.464 e. The van der Waals surface area contributed by atoms with E-state index in [4.69, 9.17) is 4.74 Å². The van der Waals surface area contributed by atoms with E-state index in [2.05, 4.69) is 13.8 Å². The highest BCUT2D eigenvalue weighted by atomic mass is 16.5. The number of hydrogen-bond donors (Lipinski definition) is 0. The fraction of sp³-hybridized carbons (Fsp3) is 0.556. The van der Waals surface area contributed by atoms with Gasteiger partial charge in [-0.05, 0) is 45.2 Å². The number of methoxy groups -OCH3 is 1. The lowest BCUT2D eigenvalue weighted by Crippen LogP contribution is -2.48. The summed E-state index contributed by atoms with van der Waals surface area (Å²) in [5, 5.41) is 0. The van der Waals surface area contributed by atoms with Gasteiger partial charge >= 0.3 is 5.97 Å². The summed E-state index contributed by atoms with van der Waals surface area (Å²) in [6.07, 6.45) is 5.16. The Kier molecular flexibility index (Phi) is 4.39. The minimum absolute atomic E-state index is 0.0567. The second-order valence-corrected chi connectivity index (χ2v) is 6.73. The molecule has 2 atom stereocenters. The number of fused-ring (bicyclic) bond motifs is 1. The maximum Gasteiger partial charge on any atom is 0.354 e. The number of piperidine rings is 1. The van der Waals surface area contributed by atoms with Crippen molar-refractivity contribution in [2.75, 3.05) is 7.11 Å². The number of carbonyl (C=O) groups excluding carboxylic acids is 2. The van der Waals surface area contributed by atoms with E-state index < -0.39 is 5.97 Å². The lowest BCUT2D eigenvalue weighted by atomic mass is 9.97. The number of amides is 1. The van der Waals surface area contributed by atoms with Crippen LogP contribution in [-0.2, 0) is 23.1 Å². The summed E-state index contributed by atoms with van der Waals surface area (Å²) in [7, 11) is 3.28. The molecule has 3 heterocycles. The van der Waals surface area contributed by atoms with Crippen LogP contribution in [0.3, 0.4) is 0 Å². The summed E-state index contributed by atoms with van der Waals surface area (Å²) < 4.78 is 8.61. The van der Waals surface area contributed by atoms with Gasteiger partial charge in [0.15, 0.2) is 0 Å². The van der Waals surface area contributed by atoms with E-state index in [-0.39, 0.29) is 24.5 Å². The normalized spacial score (nSPS) is 21.2. The molecule has 0 spiro atoms. The van der Waals surface area contributed by atoms with Crippen molar-refractivity contribution in [2.45, 2.75) is 51.7 Å². The van der Waals surface area contributed by atoms with E-state index in [0.717, 1.165) is 30.3 Å². The van der Waals surface area contributed by atoms with Gasteiger partial charge in [0, 0.05) is 25.3 Å². The highest BCUT2D eigenvalue weighted by Gasteiger charge is 2.30. The first-order chi connectivity index (χ1) is 11.4. The smallest absolute Gasteiger partial charge is 0.354 e. The van der Waals surface area contributed by atoms with Crippen molar-refractivity contribution >= 4 is 22.9 Å². The fourth-order valence-corrected chi connectivity index (χ4v) is 3.84. The Labute approximate surface area is 142 Å². The largest absolute Gasteiger partial charge is 0.464 e. The van der Waals surface area contributed by atoms with Gasteiger partial charge in [0.05, 0.1) is 18.1 Å². The molecule has 2 aromatic heterocycles. The Balaban J connectivity index is 1.96. The van der Waals surface area contributed by atoms with Crippen LogP contribution in [-0.4, -0.2) is 45.1 Å². The molecule has 0 bridgehead atoms. The van der Waals surface area contributed by atoms with Crippen LogP contribution >= 0.6 is 0 Å². The average Bonchev–Trinajstić information content (AvgIpc) is 3.07. The number of nitrogens with zero attached hydrogens (tertiary/aromatic N) is 3. The Morgan fingerprint density at radius 1 is 1.21 bits per heavy atom. The highest BCUT2D eigenvalue weighted by molar-refractivity contribution is 5.96. The summed E-state index contributed by atoms with van der Waals surface area (Å²) in [5.74, 6) is -0.361. The van der Waals surface area contributed by atoms with E-state index in [9.17, 15) is 9.59 Å². The molecular weight excluding hydrogens is 306 g/mol. The van der Waals surface area contributed by atoms with Gasteiger partial charge < -0.3 is 18.8 Å². The second-order valence-electron chi connectivity index (χ2n) is 6.73. The van der Waals surface area contributed by atoms with Crippen molar-refractivity contribution in [1.82, 2.24) is 14.0 Å². The molecule has 3 rings (SSSR count). The molecule has 1 fully saturated rings. The third kappa shape index (κ3) is 2.70. The zero-order valence-electron chi connectivity index (χ0n) is 14.8. The van der Waals surface area contributed by atoms with Crippen LogP contribution in [0.2, 0.25) is 0 Å². The molecular formula is C18H25N3O3. The lowest BCUT2D eigenvalue weighted by molar-refractivity contribution is -0.137. The monoisotopic (exact) mass is 331 g/mol. The quantitative estimate of drug-likeness (QED) is 0.812. The third-order valence-corrected chi connectivity index (χ3v) is 5.12. The fourth-order valence-electron chi connectivity index (χ4n) is 3.84. The molecule has 130 valence electrons. The van der Waals surface area contributed by atoms with Crippen molar-refractivity contribution in [3.8, 4) is 0 Å². The van der Waals surface area contributed by atoms with E-state index in [1.54, 1.807) is 10.6 Å². The Hall–Kier alpha value is -2.24. The molecule has 1 aliphatic rings. The summed E-state index contributed by atoms with van der Waals surface area (Å²) in [6.45, 7) is 4.36. The molecule has 24 heavy (non-hydrogen) atoms. The number of ether oxygens (including phenoxy) is 1. The number of rotatable bonds is 3. The molecule has 0 N–H and O–H groups in total. The molecule has 0 aliphatic carbocycles. The summed E-state index contributed by atoms with van der Waals surface area (Å²) in [4.78, 5) is 27.0. The predicted molar refractivity (Wildman–Crippen MR) is 91.9 cm³/mol. The molecule has 1 aliphatic heterocycles. The topological polar surface area (TPSA) is 56.5 Å². The Bertz CT molecular complexity index is 764. The lowest BCUT2D eigenvalue weighted by Gasteiger charge is -2.39. The maximum absolute atomic E-state index is 12.9. The average molecular weight is 331 g/mol. The molecule has 1 amide bonds. The van der Waals surface area contributed by atoms with Crippen LogP contribution < -0.4 is 0 Å². The van der Waals surface area contributed by atoms with Gasteiger partial charge in [0.25, 0.3) is 0 Å². The molecule has 0 radical (unpaired) electrons. The Morgan fingerprint density at radius 2 is 1.88 bits per heavy atom. The van der Waals surface area contributed by atoms with Gasteiger partial charge in [-0.3, -0.25) is 4.79 Å². The zero-order valence-corrected chi connectivity index (χ0v) is 14.8. The summed E-state index contributed by atoms with van der Waals surface area (Å²) in [6, 6.07) is 4.20. The van der Waals surface area contributed by atoms with E-state index >= 15 is 0 Å². The van der Waals surface area contributed by atoms with Crippen LogP contribution in [0.4, 0.5) is 0 Å². The summed E-state index contributed by atoms with van der Waals surface area (Å²) >= 11 is 0. The number of likely N-dealkylation sites (tertiary alicyclic amines) is 1. The molecule has 1 saturated heterocycles. The molecule has 2 unspecified atom stereocenters. The van der Waals surface area contributed by atoms with Gasteiger partial charge in [-0.15, -0.1) is 0 Å². The molecule has 6 nitrogen and oxygen atoms in total. The first-order valence-electron chi connectivity index (χ1n) is 8.48. The van der Waals surface area contributed by atoms with E-state index in [1.165, 1.54) is 7.11 Å². The van der Waals surface area contributed by atoms with Gasteiger partial charge in [-0.2, -0.15) is 0 Å². The molecule has 6 heteroatoms. The van der Waals surface area contributed by atoms with Crippen molar-refractivity contribution in [3.05, 3.63) is 24.0 Å². The first-order valence-corrected chi connectivity index (χ1v) is 8.48. The van der Waals surface area contributed by atoms with E-state index in [0.29, 0.717) is 5.69 Å². The molecule has 2 aromatic rings. The number of aromatic nitrogens is 2. The Morgan fingerprint density at radius 3 is 2.50 bits per heavy atom. The van der Waals surface area contributed by atoms with Crippen LogP contribution in [0.25, 0.3) is 11.0 Å². The number of esters is 1. The van der Waals surface area contributed by atoms with Crippen LogP contribution in [0.1, 0.15) is 43.6 Å². The molecule has 0 saturated carbocycles. The first kappa shape index (κ1) is 16.6. The second kappa shape index (κ2) is 6.34. The van der Waals surface area contributed by atoms with Crippen LogP contribution in [0.15, 0.2) is 18.3 Å². The highest BCUT2D eigenvalue weighted by Crippen LogP contribution is 2.25. The van der Waals surface area contributed by atoms with Gasteiger partial charge in [-0.25, -0.2) is 4.79 Å². The van der Waals surface area contributed by atoms with Crippen molar-refractivity contribution in [1.29, 1.82) is 0 Å². The predicted octanol–water partition coefficient (Wildman–Crippen LogP) is 2.56.